The van der Waals surface area contributed by atoms with Crippen molar-refractivity contribution in [3.8, 4) is 5.75 Å². The van der Waals surface area contributed by atoms with Crippen LogP contribution in [-0.2, 0) is 17.6 Å². The third-order valence-corrected chi connectivity index (χ3v) is 3.08. The van der Waals surface area contributed by atoms with Gasteiger partial charge in [-0.1, -0.05) is 12.1 Å². The summed E-state index contributed by atoms with van der Waals surface area (Å²) in [6.45, 7) is 0. The van der Waals surface area contributed by atoms with E-state index in [1.807, 2.05) is 6.07 Å². The predicted molar refractivity (Wildman–Crippen MR) is 59.3 cm³/mol. The van der Waals surface area contributed by atoms with Crippen LogP contribution in [0.5, 0.6) is 5.75 Å². The number of hydrogen-bond acceptors (Lipinski definition) is 3. The number of carboxylic acid groups (broad SMARTS) is 1. The number of benzene rings is 1. The molecule has 1 aromatic rings. The molecule has 0 saturated carbocycles. The summed E-state index contributed by atoms with van der Waals surface area (Å²) in [6.07, 6.45) is 2.72. The van der Waals surface area contributed by atoms with Gasteiger partial charge >= 0.3 is 5.97 Å². The average molecular weight is 221 g/mol. The highest BCUT2D eigenvalue weighted by atomic mass is 16.4. The molecule has 0 heterocycles. The topological polar surface area (TPSA) is 83.6 Å². The maximum Gasteiger partial charge on any atom is 0.305 e. The third kappa shape index (κ3) is 1.88. The molecule has 0 fully saturated rings. The Kier molecular flexibility index (Phi) is 2.83. The second-order valence-electron chi connectivity index (χ2n) is 4.20. The van der Waals surface area contributed by atoms with Crippen LogP contribution in [0.2, 0.25) is 0 Å². The molecular formula is C12H15NO3. The summed E-state index contributed by atoms with van der Waals surface area (Å²) < 4.78 is 0. The Hall–Kier alpha value is -1.55. The molecule has 1 unspecified atom stereocenters. The van der Waals surface area contributed by atoms with Crippen molar-refractivity contribution >= 4 is 5.97 Å². The Morgan fingerprint density at radius 3 is 2.88 bits per heavy atom. The predicted octanol–water partition coefficient (Wildman–Crippen LogP) is 1.36. The van der Waals surface area contributed by atoms with Crippen molar-refractivity contribution in [3.05, 3.63) is 28.8 Å². The lowest BCUT2D eigenvalue weighted by Crippen LogP contribution is -2.15. The number of fused-ring (bicyclic) bond motifs is 1. The Bertz CT molecular complexity index is 429. The number of phenols is 1. The van der Waals surface area contributed by atoms with E-state index in [0.29, 0.717) is 5.56 Å². The summed E-state index contributed by atoms with van der Waals surface area (Å²) >= 11 is 0. The van der Waals surface area contributed by atoms with Gasteiger partial charge in [-0.2, -0.15) is 0 Å². The number of hydrogen-bond donors (Lipinski definition) is 3. The number of rotatable bonds is 3. The van der Waals surface area contributed by atoms with Gasteiger partial charge in [-0.25, -0.2) is 0 Å². The van der Waals surface area contributed by atoms with E-state index in [9.17, 15) is 9.90 Å². The van der Waals surface area contributed by atoms with Crippen LogP contribution >= 0.6 is 0 Å². The molecule has 0 aliphatic heterocycles. The minimum absolute atomic E-state index is 0.160. The van der Waals surface area contributed by atoms with Crippen molar-refractivity contribution in [2.45, 2.75) is 31.7 Å². The van der Waals surface area contributed by atoms with Crippen LogP contribution in [0.15, 0.2) is 12.1 Å². The SMILES string of the molecule is NC(CC(=O)O)c1ccc2c(c1O)CCC2. The van der Waals surface area contributed by atoms with Crippen molar-refractivity contribution in [2.75, 3.05) is 0 Å². The number of phenolic OH excluding ortho intramolecular Hbond substituents is 1. The van der Waals surface area contributed by atoms with Gasteiger partial charge in [-0.05, 0) is 30.4 Å². The first-order valence-electron chi connectivity index (χ1n) is 5.40. The molecule has 1 atom stereocenters. The van der Waals surface area contributed by atoms with Gasteiger partial charge in [0, 0.05) is 11.6 Å². The van der Waals surface area contributed by atoms with Gasteiger partial charge in [-0.3, -0.25) is 4.79 Å². The Morgan fingerprint density at radius 2 is 2.19 bits per heavy atom. The number of nitrogens with two attached hydrogens (primary N) is 1. The normalized spacial score (nSPS) is 15.8. The fraction of sp³-hybridized carbons (Fsp3) is 0.417. The number of carbonyl (C=O) groups is 1. The van der Waals surface area contributed by atoms with Crippen molar-refractivity contribution in [1.29, 1.82) is 0 Å². The first-order chi connectivity index (χ1) is 7.59. The highest BCUT2D eigenvalue weighted by Crippen LogP contribution is 2.35. The van der Waals surface area contributed by atoms with E-state index in [2.05, 4.69) is 0 Å². The Labute approximate surface area is 93.7 Å². The Balaban J connectivity index is 2.32. The lowest BCUT2D eigenvalue weighted by molar-refractivity contribution is -0.137. The van der Waals surface area contributed by atoms with Crippen molar-refractivity contribution in [1.82, 2.24) is 0 Å². The fourth-order valence-electron chi connectivity index (χ4n) is 2.26. The molecule has 16 heavy (non-hydrogen) atoms. The third-order valence-electron chi connectivity index (χ3n) is 3.08. The second-order valence-corrected chi connectivity index (χ2v) is 4.20. The molecule has 0 spiro atoms. The summed E-state index contributed by atoms with van der Waals surface area (Å²) in [4.78, 5) is 10.6. The van der Waals surface area contributed by atoms with E-state index < -0.39 is 12.0 Å². The number of aryl methyl sites for hydroxylation is 1. The molecule has 86 valence electrons. The molecule has 0 amide bonds. The van der Waals surface area contributed by atoms with Gasteiger partial charge in [0.25, 0.3) is 0 Å². The Morgan fingerprint density at radius 1 is 1.44 bits per heavy atom. The lowest BCUT2D eigenvalue weighted by atomic mass is 9.98. The standard InChI is InChI=1S/C12H15NO3/c13-10(6-11(14)15)9-5-4-7-2-1-3-8(7)12(9)16/h4-5,10,16H,1-3,6,13H2,(H,14,15). The summed E-state index contributed by atoms with van der Waals surface area (Å²) in [5.41, 5.74) is 8.39. The van der Waals surface area contributed by atoms with Crippen LogP contribution < -0.4 is 5.73 Å². The van der Waals surface area contributed by atoms with Gasteiger partial charge < -0.3 is 15.9 Å². The molecule has 1 aliphatic rings. The van der Waals surface area contributed by atoms with E-state index in [0.717, 1.165) is 30.4 Å². The van der Waals surface area contributed by atoms with Gasteiger partial charge in [0.05, 0.1) is 6.42 Å². The van der Waals surface area contributed by atoms with Crippen LogP contribution in [0.1, 0.15) is 35.6 Å². The maximum atomic E-state index is 10.6. The van der Waals surface area contributed by atoms with E-state index in [1.54, 1.807) is 6.07 Å². The quantitative estimate of drug-likeness (QED) is 0.719. The minimum Gasteiger partial charge on any atom is -0.507 e. The highest BCUT2D eigenvalue weighted by molar-refractivity contribution is 5.68. The molecule has 4 N–H and O–H groups in total. The van der Waals surface area contributed by atoms with Crippen LogP contribution in [0, 0.1) is 0 Å². The van der Waals surface area contributed by atoms with Crippen molar-refractivity contribution in [3.63, 3.8) is 0 Å². The lowest BCUT2D eigenvalue weighted by Gasteiger charge is -2.14. The number of aliphatic carboxylic acids is 1. The number of aromatic hydroxyl groups is 1. The first kappa shape index (κ1) is 11.0. The molecule has 4 nitrogen and oxygen atoms in total. The van der Waals surface area contributed by atoms with Crippen LogP contribution in [0.3, 0.4) is 0 Å². The van der Waals surface area contributed by atoms with E-state index in [-0.39, 0.29) is 12.2 Å². The molecule has 1 aromatic carbocycles. The summed E-state index contributed by atoms with van der Waals surface area (Å²) in [5, 5.41) is 18.7. The fourth-order valence-corrected chi connectivity index (χ4v) is 2.26. The molecule has 2 rings (SSSR count). The molecule has 0 saturated heterocycles. The summed E-state index contributed by atoms with van der Waals surface area (Å²) in [7, 11) is 0. The molecule has 0 aromatic heterocycles. The zero-order valence-electron chi connectivity index (χ0n) is 8.94. The summed E-state index contributed by atoms with van der Waals surface area (Å²) in [6, 6.07) is 3.05. The largest absolute Gasteiger partial charge is 0.507 e. The highest BCUT2D eigenvalue weighted by Gasteiger charge is 2.21. The molecule has 1 aliphatic carbocycles. The zero-order chi connectivity index (χ0) is 11.7. The maximum absolute atomic E-state index is 10.6. The molecule has 0 radical (unpaired) electrons. The van der Waals surface area contributed by atoms with Crippen LogP contribution in [-0.4, -0.2) is 16.2 Å². The first-order valence-corrected chi connectivity index (χ1v) is 5.40. The van der Waals surface area contributed by atoms with Crippen LogP contribution in [0.4, 0.5) is 0 Å². The van der Waals surface area contributed by atoms with Gasteiger partial charge in [0.1, 0.15) is 5.75 Å². The van der Waals surface area contributed by atoms with Gasteiger partial charge in [0.2, 0.25) is 0 Å². The van der Waals surface area contributed by atoms with Crippen LogP contribution in [0.25, 0.3) is 0 Å². The van der Waals surface area contributed by atoms with E-state index in [4.69, 9.17) is 10.8 Å². The number of carboxylic acids is 1. The van der Waals surface area contributed by atoms with Crippen molar-refractivity contribution in [2.24, 2.45) is 5.73 Å². The zero-order valence-corrected chi connectivity index (χ0v) is 8.94. The molecular weight excluding hydrogens is 206 g/mol. The smallest absolute Gasteiger partial charge is 0.305 e. The second kappa shape index (κ2) is 4.14. The monoisotopic (exact) mass is 221 g/mol. The van der Waals surface area contributed by atoms with E-state index >= 15 is 0 Å². The van der Waals surface area contributed by atoms with Gasteiger partial charge in [-0.15, -0.1) is 0 Å². The summed E-state index contributed by atoms with van der Waals surface area (Å²) in [5.74, 6) is -0.754. The molecule has 4 heteroatoms. The minimum atomic E-state index is -0.951. The average Bonchev–Trinajstić information content (AvgIpc) is 2.65. The molecule has 0 bridgehead atoms. The van der Waals surface area contributed by atoms with E-state index in [1.165, 1.54) is 0 Å². The van der Waals surface area contributed by atoms with Crippen molar-refractivity contribution < 1.29 is 15.0 Å². The van der Waals surface area contributed by atoms with Gasteiger partial charge in [0.15, 0.2) is 0 Å².